The zero-order valence-corrected chi connectivity index (χ0v) is 30.7. The van der Waals surface area contributed by atoms with Crippen LogP contribution in [0.4, 0.5) is 5.69 Å². The first-order chi connectivity index (χ1) is 24.4. The molecule has 0 bridgehead atoms. The van der Waals surface area contributed by atoms with Gasteiger partial charge in [0.1, 0.15) is 22.0 Å². The molecular formula is C38H38Cl2N6O4S. The summed E-state index contributed by atoms with van der Waals surface area (Å²) in [4.78, 5) is 29.4. The number of anilines is 1. The molecule has 1 aliphatic carbocycles. The normalized spacial score (nSPS) is 16.7. The third kappa shape index (κ3) is 8.07. The van der Waals surface area contributed by atoms with Crippen molar-refractivity contribution in [1.29, 1.82) is 0 Å². The fourth-order valence-corrected chi connectivity index (χ4v) is 8.07. The summed E-state index contributed by atoms with van der Waals surface area (Å²) in [7, 11) is -4.26. The molecule has 1 amide bonds. The monoisotopic (exact) mass is 744 g/mol. The maximum absolute atomic E-state index is 13.5. The predicted molar refractivity (Wildman–Crippen MR) is 201 cm³/mol. The maximum Gasteiger partial charge on any atom is 0.268 e. The second-order valence-corrected chi connectivity index (χ2v) is 16.4. The summed E-state index contributed by atoms with van der Waals surface area (Å²) in [6.07, 6.45) is 9.04. The summed E-state index contributed by atoms with van der Waals surface area (Å²) in [5.74, 6) is -0.246. The molecule has 10 nitrogen and oxygen atoms in total. The molecule has 0 radical (unpaired) electrons. The van der Waals surface area contributed by atoms with Gasteiger partial charge in [-0.2, -0.15) is 0 Å². The van der Waals surface area contributed by atoms with Crippen LogP contribution in [0.5, 0.6) is 11.5 Å². The third-order valence-electron chi connectivity index (χ3n) is 9.56. The van der Waals surface area contributed by atoms with E-state index in [9.17, 15) is 13.2 Å². The fraction of sp³-hybridized carbons (Fsp3) is 0.289. The van der Waals surface area contributed by atoms with Gasteiger partial charge >= 0.3 is 0 Å². The summed E-state index contributed by atoms with van der Waals surface area (Å²) in [5, 5.41) is 1.71. The van der Waals surface area contributed by atoms with Crippen molar-refractivity contribution in [3.63, 3.8) is 0 Å². The molecule has 7 rings (SSSR count). The standard InChI is InChI=1S/C38H38Cl2N6O4S/c1-38(2)11-9-27(34(20-38)25-3-5-28(39)6-4-25)24-45-13-15-46(16-14-45)30-7-8-33(37(47)44-51(48,49)32-18-29(40)21-41-23-32)35(19-30)50-31-17-26-10-12-42-36(26)43-22-31/h3-8,10,12,17-19,21-23H,9,11,13-16,20,24H2,1-2H3,(H,42,43)(H,44,47). The van der Waals surface area contributed by atoms with E-state index < -0.39 is 15.9 Å². The number of fused-ring (bicyclic) bond motifs is 1. The van der Waals surface area contributed by atoms with Crippen LogP contribution in [0.25, 0.3) is 16.6 Å². The number of nitrogens with one attached hydrogen (secondary N) is 2. The van der Waals surface area contributed by atoms with Crippen molar-refractivity contribution < 1.29 is 17.9 Å². The molecule has 0 saturated carbocycles. The van der Waals surface area contributed by atoms with Crippen molar-refractivity contribution in [2.45, 2.75) is 38.0 Å². The lowest BCUT2D eigenvalue weighted by Crippen LogP contribution is -2.47. The van der Waals surface area contributed by atoms with Crippen LogP contribution in [-0.4, -0.2) is 66.9 Å². The Morgan fingerprint density at radius 2 is 1.75 bits per heavy atom. The van der Waals surface area contributed by atoms with Crippen molar-refractivity contribution >= 4 is 61.4 Å². The van der Waals surface area contributed by atoms with Crippen molar-refractivity contribution in [3.05, 3.63) is 112 Å². The van der Waals surface area contributed by atoms with Crippen LogP contribution in [0.3, 0.4) is 0 Å². The van der Waals surface area contributed by atoms with Gasteiger partial charge in [-0.05, 0) is 78.3 Å². The molecular weight excluding hydrogens is 707 g/mol. The van der Waals surface area contributed by atoms with E-state index in [1.807, 2.05) is 24.3 Å². The Balaban J connectivity index is 1.11. The number of ether oxygens (including phenoxy) is 1. The summed E-state index contributed by atoms with van der Waals surface area (Å²) < 4.78 is 34.6. The molecule has 5 aromatic rings. The van der Waals surface area contributed by atoms with Gasteiger partial charge in [0, 0.05) is 73.5 Å². The van der Waals surface area contributed by atoms with E-state index in [4.69, 9.17) is 27.9 Å². The lowest BCUT2D eigenvalue weighted by Gasteiger charge is -2.39. The highest BCUT2D eigenvalue weighted by Crippen LogP contribution is 2.43. The number of carbonyl (C=O) groups is 1. The van der Waals surface area contributed by atoms with E-state index in [-0.39, 0.29) is 26.6 Å². The van der Waals surface area contributed by atoms with Gasteiger partial charge in [-0.15, -0.1) is 0 Å². The van der Waals surface area contributed by atoms with Crippen LogP contribution in [-0.2, 0) is 10.0 Å². The molecule has 0 unspecified atom stereocenters. The summed E-state index contributed by atoms with van der Waals surface area (Å²) >= 11 is 12.2. The summed E-state index contributed by atoms with van der Waals surface area (Å²) in [5.41, 5.74) is 6.03. The molecule has 3 aromatic heterocycles. The average molecular weight is 746 g/mol. The predicted octanol–water partition coefficient (Wildman–Crippen LogP) is 7.96. The lowest BCUT2D eigenvalue weighted by molar-refractivity contribution is 0.0979. The van der Waals surface area contributed by atoms with Gasteiger partial charge in [0.2, 0.25) is 0 Å². The number of aromatic nitrogens is 3. The molecule has 0 spiro atoms. The topological polar surface area (TPSA) is 121 Å². The van der Waals surface area contributed by atoms with Crippen LogP contribution < -0.4 is 14.4 Å². The molecule has 51 heavy (non-hydrogen) atoms. The van der Waals surface area contributed by atoms with Crippen LogP contribution >= 0.6 is 23.2 Å². The maximum atomic E-state index is 13.5. The summed E-state index contributed by atoms with van der Waals surface area (Å²) in [6.45, 7) is 8.87. The minimum atomic E-state index is -4.26. The highest BCUT2D eigenvalue weighted by Gasteiger charge is 2.30. The molecule has 2 N–H and O–H groups in total. The summed E-state index contributed by atoms with van der Waals surface area (Å²) in [6, 6.07) is 18.3. The highest BCUT2D eigenvalue weighted by atomic mass is 35.5. The fourth-order valence-electron chi connectivity index (χ4n) is 6.76. The van der Waals surface area contributed by atoms with Crippen molar-refractivity contribution in [2.24, 2.45) is 5.41 Å². The number of halogens is 2. The third-order valence-corrected chi connectivity index (χ3v) is 11.3. The SMILES string of the molecule is CC1(C)CCC(CN2CCN(c3ccc(C(=O)NS(=O)(=O)c4cncc(Cl)c4)c(Oc4cnc5[nH]ccc5c4)c3)CC2)=C(c2ccc(Cl)cc2)C1. The number of pyridine rings is 2. The molecule has 2 aromatic carbocycles. The number of hydrogen-bond donors (Lipinski definition) is 2. The van der Waals surface area contributed by atoms with E-state index in [1.165, 1.54) is 29.0 Å². The van der Waals surface area contributed by atoms with E-state index in [0.717, 1.165) is 74.3 Å². The number of piperazine rings is 1. The Morgan fingerprint density at radius 3 is 2.51 bits per heavy atom. The first-order valence-electron chi connectivity index (χ1n) is 16.8. The van der Waals surface area contributed by atoms with Crippen LogP contribution in [0, 0.1) is 5.41 Å². The Kier molecular flexibility index (Phi) is 9.82. The number of sulfonamides is 1. The van der Waals surface area contributed by atoms with E-state index in [0.29, 0.717) is 11.4 Å². The number of hydrogen-bond acceptors (Lipinski definition) is 8. The van der Waals surface area contributed by atoms with E-state index >= 15 is 0 Å². The first kappa shape index (κ1) is 35.0. The number of nitrogens with zero attached hydrogens (tertiary/aromatic N) is 4. The average Bonchev–Trinajstić information content (AvgIpc) is 3.58. The van der Waals surface area contributed by atoms with E-state index in [2.05, 4.69) is 55.5 Å². The number of H-pyrrole nitrogens is 1. The number of allylic oxidation sites excluding steroid dienone is 1. The van der Waals surface area contributed by atoms with Gasteiger partial charge in [0.15, 0.2) is 0 Å². The molecule has 1 saturated heterocycles. The minimum Gasteiger partial charge on any atom is -0.455 e. The first-order valence-corrected chi connectivity index (χ1v) is 19.0. The molecule has 1 fully saturated rings. The zero-order valence-electron chi connectivity index (χ0n) is 28.3. The van der Waals surface area contributed by atoms with Gasteiger partial charge in [0.05, 0.1) is 16.8 Å². The second-order valence-electron chi connectivity index (χ2n) is 13.8. The van der Waals surface area contributed by atoms with Crippen molar-refractivity contribution in [3.8, 4) is 11.5 Å². The molecule has 264 valence electrons. The largest absolute Gasteiger partial charge is 0.455 e. The van der Waals surface area contributed by atoms with Crippen LogP contribution in [0.2, 0.25) is 10.0 Å². The smallest absolute Gasteiger partial charge is 0.268 e. The van der Waals surface area contributed by atoms with E-state index in [1.54, 1.807) is 30.6 Å². The number of aromatic amines is 1. The van der Waals surface area contributed by atoms with Crippen molar-refractivity contribution in [1.82, 2.24) is 24.6 Å². The van der Waals surface area contributed by atoms with Gasteiger partial charge in [0.25, 0.3) is 15.9 Å². The Labute approximate surface area is 307 Å². The van der Waals surface area contributed by atoms with Crippen molar-refractivity contribution in [2.75, 3.05) is 37.6 Å². The van der Waals surface area contributed by atoms with Gasteiger partial charge in [-0.1, -0.05) is 54.8 Å². The number of rotatable bonds is 9. The Morgan fingerprint density at radius 1 is 0.961 bits per heavy atom. The molecule has 0 atom stereocenters. The van der Waals surface area contributed by atoms with Gasteiger partial charge in [-0.25, -0.2) is 18.1 Å². The molecule has 4 heterocycles. The quantitative estimate of drug-likeness (QED) is 0.156. The molecule has 2 aliphatic rings. The zero-order chi connectivity index (χ0) is 35.8. The molecule has 1 aliphatic heterocycles. The van der Waals surface area contributed by atoms with Gasteiger partial charge < -0.3 is 14.6 Å². The lowest BCUT2D eigenvalue weighted by atomic mass is 9.72. The van der Waals surface area contributed by atoms with Crippen LogP contribution in [0.15, 0.2) is 95.9 Å². The van der Waals surface area contributed by atoms with Crippen LogP contribution in [0.1, 0.15) is 49.0 Å². The number of carbonyl (C=O) groups excluding carboxylic acids is 1. The second kappa shape index (κ2) is 14.3. The number of benzene rings is 2. The minimum absolute atomic E-state index is 0.0482. The number of amides is 1. The van der Waals surface area contributed by atoms with Gasteiger partial charge in [-0.3, -0.25) is 14.7 Å². The Hall–Kier alpha value is -4.42. The molecule has 13 heteroatoms. The highest BCUT2D eigenvalue weighted by molar-refractivity contribution is 7.90. The Bertz CT molecular complexity index is 2230.